The molecule has 0 bridgehead atoms. The summed E-state index contributed by atoms with van der Waals surface area (Å²) < 4.78 is 48.6. The zero-order chi connectivity index (χ0) is 19.4. The minimum Gasteiger partial charge on any atom is -0.377 e. The Balaban J connectivity index is 1.62. The van der Waals surface area contributed by atoms with Crippen LogP contribution in [-0.4, -0.2) is 48.3 Å². The number of piperazine rings is 1. The zero-order valence-electron chi connectivity index (χ0n) is 14.7. The van der Waals surface area contributed by atoms with E-state index in [4.69, 9.17) is 9.26 Å². The smallest absolute Gasteiger partial charge is 0.377 e. The number of methoxy groups -OCH3 is 1. The first-order chi connectivity index (χ1) is 12.9. The molecule has 27 heavy (non-hydrogen) atoms. The predicted octanol–water partition coefficient (Wildman–Crippen LogP) is 2.43. The van der Waals surface area contributed by atoms with Crippen LogP contribution in [0.1, 0.15) is 22.8 Å². The van der Waals surface area contributed by atoms with Crippen LogP contribution in [0.5, 0.6) is 0 Å². The molecule has 7 nitrogen and oxygen atoms in total. The number of anilines is 1. The number of ether oxygens (including phenoxy) is 1. The molecule has 0 saturated carbocycles. The van der Waals surface area contributed by atoms with Crippen LogP contribution < -0.4 is 4.90 Å². The van der Waals surface area contributed by atoms with Crippen LogP contribution in [0, 0.1) is 11.3 Å². The predicted molar refractivity (Wildman–Crippen MR) is 88.7 cm³/mol. The molecule has 1 saturated heterocycles. The highest BCUT2D eigenvalue weighted by Gasteiger charge is 2.31. The minimum absolute atomic E-state index is 0.0272. The van der Waals surface area contributed by atoms with Crippen molar-refractivity contribution in [1.29, 1.82) is 5.26 Å². The topological polar surface area (TPSA) is 78.4 Å². The maximum absolute atomic E-state index is 12.8. The van der Waals surface area contributed by atoms with Gasteiger partial charge in [0.1, 0.15) is 12.7 Å². The van der Waals surface area contributed by atoms with E-state index in [9.17, 15) is 18.4 Å². The second-order valence-corrected chi connectivity index (χ2v) is 6.14. The molecule has 144 valence electrons. The lowest BCUT2D eigenvalue weighted by Gasteiger charge is -2.35. The molecule has 0 N–H and O–H groups in total. The van der Waals surface area contributed by atoms with E-state index in [1.54, 1.807) is 7.11 Å². The molecule has 1 fully saturated rings. The summed E-state index contributed by atoms with van der Waals surface area (Å²) in [6, 6.07) is 5.15. The molecule has 1 aromatic carbocycles. The summed E-state index contributed by atoms with van der Waals surface area (Å²) in [5, 5.41) is 13.0. The maximum atomic E-state index is 12.8. The van der Waals surface area contributed by atoms with Gasteiger partial charge >= 0.3 is 6.18 Å². The van der Waals surface area contributed by atoms with Crippen LogP contribution in [0.15, 0.2) is 22.7 Å². The molecule has 0 aliphatic carbocycles. The molecule has 2 aromatic rings. The first-order valence-corrected chi connectivity index (χ1v) is 8.29. The summed E-state index contributed by atoms with van der Waals surface area (Å²) in [5.74, 6) is 0.970. The highest BCUT2D eigenvalue weighted by Crippen LogP contribution is 2.33. The van der Waals surface area contributed by atoms with Gasteiger partial charge in [0.15, 0.2) is 5.82 Å². The third-order valence-corrected chi connectivity index (χ3v) is 4.30. The average Bonchev–Trinajstić information content (AvgIpc) is 3.08. The van der Waals surface area contributed by atoms with Crippen LogP contribution in [0.2, 0.25) is 0 Å². The molecule has 0 atom stereocenters. The molecule has 1 aliphatic rings. The monoisotopic (exact) mass is 381 g/mol. The Morgan fingerprint density at radius 1 is 1.26 bits per heavy atom. The fourth-order valence-corrected chi connectivity index (χ4v) is 2.96. The molecule has 2 heterocycles. The molecule has 0 unspecified atom stereocenters. The van der Waals surface area contributed by atoms with Gasteiger partial charge in [-0.25, -0.2) is 0 Å². The Kier molecular flexibility index (Phi) is 5.62. The Labute approximate surface area is 153 Å². The van der Waals surface area contributed by atoms with Crippen molar-refractivity contribution in [2.24, 2.45) is 0 Å². The number of nitrogens with zero attached hydrogens (tertiary/aromatic N) is 5. The molecular weight excluding hydrogens is 363 g/mol. The van der Waals surface area contributed by atoms with E-state index in [1.807, 2.05) is 11.0 Å². The Morgan fingerprint density at radius 3 is 2.63 bits per heavy atom. The molecule has 0 spiro atoms. The highest BCUT2D eigenvalue weighted by molar-refractivity contribution is 5.61. The van der Waals surface area contributed by atoms with E-state index in [0.29, 0.717) is 50.1 Å². The number of nitriles is 1. The summed E-state index contributed by atoms with van der Waals surface area (Å²) in [5.41, 5.74) is -0.269. The van der Waals surface area contributed by atoms with Crippen LogP contribution in [-0.2, 0) is 24.1 Å². The number of halogens is 3. The molecule has 0 amide bonds. The zero-order valence-corrected chi connectivity index (χ0v) is 14.7. The van der Waals surface area contributed by atoms with Gasteiger partial charge in [0, 0.05) is 33.3 Å². The number of hydrogen-bond acceptors (Lipinski definition) is 7. The summed E-state index contributed by atoms with van der Waals surface area (Å²) >= 11 is 0. The Morgan fingerprint density at radius 2 is 2.00 bits per heavy atom. The van der Waals surface area contributed by atoms with Crippen molar-refractivity contribution in [3.8, 4) is 6.07 Å². The highest BCUT2D eigenvalue weighted by atomic mass is 19.4. The van der Waals surface area contributed by atoms with Gasteiger partial charge < -0.3 is 14.2 Å². The number of hydrogen-bond donors (Lipinski definition) is 0. The first-order valence-electron chi connectivity index (χ1n) is 8.29. The quantitative estimate of drug-likeness (QED) is 0.787. The second-order valence-electron chi connectivity index (χ2n) is 6.14. The van der Waals surface area contributed by atoms with Gasteiger partial charge in [-0.15, -0.1) is 0 Å². The first kappa shape index (κ1) is 19.1. The van der Waals surface area contributed by atoms with Crippen LogP contribution in [0.25, 0.3) is 0 Å². The number of alkyl halides is 3. The van der Waals surface area contributed by atoms with E-state index < -0.39 is 11.7 Å². The third-order valence-electron chi connectivity index (χ3n) is 4.30. The van der Waals surface area contributed by atoms with Crippen molar-refractivity contribution in [1.82, 2.24) is 15.0 Å². The van der Waals surface area contributed by atoms with E-state index in [2.05, 4.69) is 15.0 Å². The van der Waals surface area contributed by atoms with Gasteiger partial charge in [-0.2, -0.15) is 23.4 Å². The normalized spacial score (nSPS) is 15.7. The lowest BCUT2D eigenvalue weighted by atomic mass is 10.1. The number of benzene rings is 1. The maximum Gasteiger partial charge on any atom is 0.416 e. The fraction of sp³-hybridized carbons (Fsp3) is 0.471. The standard InChI is InChI=1S/C17H18F3N5O2/c1-26-11-15-22-16(27-23-15)10-24-4-6-25(7-5-24)14-3-2-13(17(18,19)20)8-12(14)9-21/h2-3,8H,4-7,10-11H2,1H3. The molecule has 1 aliphatic heterocycles. The van der Waals surface area contributed by atoms with Crippen molar-refractivity contribution >= 4 is 5.69 Å². The minimum atomic E-state index is -4.46. The van der Waals surface area contributed by atoms with Gasteiger partial charge in [-0.1, -0.05) is 5.16 Å². The number of rotatable bonds is 5. The largest absolute Gasteiger partial charge is 0.416 e. The van der Waals surface area contributed by atoms with Crippen LogP contribution >= 0.6 is 0 Å². The van der Waals surface area contributed by atoms with Gasteiger partial charge in [-0.05, 0) is 18.2 Å². The van der Waals surface area contributed by atoms with E-state index in [-0.39, 0.29) is 12.2 Å². The van der Waals surface area contributed by atoms with E-state index >= 15 is 0 Å². The van der Waals surface area contributed by atoms with Gasteiger partial charge in [0.25, 0.3) is 0 Å². The SMILES string of the molecule is COCc1noc(CN2CCN(c3ccc(C(F)(F)F)cc3C#N)CC2)n1. The van der Waals surface area contributed by atoms with E-state index in [1.165, 1.54) is 6.07 Å². The summed E-state index contributed by atoms with van der Waals surface area (Å²) in [6.45, 7) is 3.25. The van der Waals surface area contributed by atoms with Crippen molar-refractivity contribution in [3.63, 3.8) is 0 Å². The summed E-state index contributed by atoms with van der Waals surface area (Å²) in [4.78, 5) is 8.25. The van der Waals surface area contributed by atoms with Gasteiger partial charge in [0.2, 0.25) is 5.89 Å². The van der Waals surface area contributed by atoms with Crippen LogP contribution in [0.3, 0.4) is 0 Å². The van der Waals surface area contributed by atoms with Crippen LogP contribution in [0.4, 0.5) is 18.9 Å². The second kappa shape index (κ2) is 7.94. The molecule has 0 radical (unpaired) electrons. The molecule has 1 aromatic heterocycles. The number of aromatic nitrogens is 2. The average molecular weight is 381 g/mol. The lowest BCUT2D eigenvalue weighted by molar-refractivity contribution is -0.137. The Hall–Kier alpha value is -2.64. The third kappa shape index (κ3) is 4.56. The molecule has 3 rings (SSSR count). The molecule has 10 heteroatoms. The van der Waals surface area contributed by atoms with Crippen molar-refractivity contribution < 1.29 is 22.4 Å². The Bertz CT molecular complexity index is 823. The fourth-order valence-electron chi connectivity index (χ4n) is 2.96. The summed E-state index contributed by atoms with van der Waals surface area (Å²) in [7, 11) is 1.55. The van der Waals surface area contributed by atoms with E-state index in [0.717, 1.165) is 12.1 Å². The van der Waals surface area contributed by atoms with Crippen molar-refractivity contribution in [2.75, 3.05) is 38.2 Å². The molecular formula is C17H18F3N5O2. The summed E-state index contributed by atoms with van der Waals surface area (Å²) in [6.07, 6.45) is -4.46. The van der Waals surface area contributed by atoms with Crippen molar-refractivity contribution in [3.05, 3.63) is 41.0 Å². The van der Waals surface area contributed by atoms with Crippen molar-refractivity contribution in [2.45, 2.75) is 19.3 Å². The van der Waals surface area contributed by atoms with Gasteiger partial charge in [0.05, 0.1) is 23.4 Å². The van der Waals surface area contributed by atoms with Gasteiger partial charge in [-0.3, -0.25) is 4.90 Å². The lowest BCUT2D eigenvalue weighted by Crippen LogP contribution is -2.46.